The summed E-state index contributed by atoms with van der Waals surface area (Å²) in [5.74, 6) is -0.108. The van der Waals surface area contributed by atoms with Gasteiger partial charge in [-0.15, -0.1) is 25.6 Å². The molecule has 1 aliphatic rings. The van der Waals surface area contributed by atoms with E-state index in [0.29, 0.717) is 19.6 Å². The summed E-state index contributed by atoms with van der Waals surface area (Å²) in [5.41, 5.74) is 0.830. The second-order valence-electron chi connectivity index (χ2n) is 4.93. The Morgan fingerprint density at radius 3 is 2.64 bits per heavy atom. The average Bonchev–Trinajstić information content (AvgIpc) is 2.77. The summed E-state index contributed by atoms with van der Waals surface area (Å²) in [6, 6.07) is 4.43. The maximum absolute atomic E-state index is 12.1. The molecule has 0 bridgehead atoms. The highest BCUT2D eigenvalue weighted by molar-refractivity contribution is 9.10. The lowest BCUT2D eigenvalue weighted by molar-refractivity contribution is -0.274. The van der Waals surface area contributed by atoms with Crippen LogP contribution in [-0.4, -0.2) is 37.2 Å². The van der Waals surface area contributed by atoms with Gasteiger partial charge in [-0.05, 0) is 33.6 Å². The summed E-state index contributed by atoms with van der Waals surface area (Å²) in [7, 11) is 0. The van der Waals surface area contributed by atoms with Crippen molar-refractivity contribution in [1.82, 2.24) is 10.6 Å². The number of ether oxygens (including phenoxy) is 1. The number of halogens is 5. The van der Waals surface area contributed by atoms with Gasteiger partial charge in [0.1, 0.15) is 5.75 Å². The summed E-state index contributed by atoms with van der Waals surface area (Å²) in [6.07, 6.45) is -5.06. The van der Waals surface area contributed by atoms with Crippen LogP contribution >= 0.6 is 28.3 Å². The van der Waals surface area contributed by atoms with E-state index in [1.807, 2.05) is 0 Å². The molecular formula is C13H17BrClF3N2O2. The van der Waals surface area contributed by atoms with Crippen molar-refractivity contribution in [1.29, 1.82) is 0 Å². The van der Waals surface area contributed by atoms with Gasteiger partial charge in [-0.1, -0.05) is 6.07 Å². The van der Waals surface area contributed by atoms with E-state index in [-0.39, 0.29) is 34.7 Å². The van der Waals surface area contributed by atoms with Gasteiger partial charge in [-0.2, -0.15) is 0 Å². The molecule has 0 aromatic heterocycles. The Labute approximate surface area is 141 Å². The molecule has 2 rings (SSSR count). The van der Waals surface area contributed by atoms with Crippen LogP contribution < -0.4 is 15.4 Å². The fourth-order valence-electron chi connectivity index (χ4n) is 2.19. The summed E-state index contributed by atoms with van der Waals surface area (Å²) in [6.45, 7) is 2.51. The number of aliphatic hydroxyl groups is 1. The van der Waals surface area contributed by atoms with E-state index < -0.39 is 6.36 Å². The Morgan fingerprint density at radius 2 is 2.09 bits per heavy atom. The quantitative estimate of drug-likeness (QED) is 0.704. The monoisotopic (exact) mass is 404 g/mol. The van der Waals surface area contributed by atoms with Gasteiger partial charge in [-0.3, -0.25) is 0 Å². The summed E-state index contributed by atoms with van der Waals surface area (Å²) in [4.78, 5) is 0. The molecule has 1 aromatic carbocycles. The summed E-state index contributed by atoms with van der Waals surface area (Å²) in [5, 5.41) is 15.9. The summed E-state index contributed by atoms with van der Waals surface area (Å²) >= 11 is 3.06. The highest BCUT2D eigenvalue weighted by atomic mass is 79.9. The average molecular weight is 406 g/mol. The Bertz CT molecular complexity index is 491. The number of hydrogen-bond donors (Lipinski definition) is 3. The minimum atomic E-state index is -4.70. The predicted molar refractivity (Wildman–Crippen MR) is 82.1 cm³/mol. The van der Waals surface area contributed by atoms with Crippen LogP contribution in [0.25, 0.3) is 0 Å². The van der Waals surface area contributed by atoms with E-state index in [0.717, 1.165) is 12.1 Å². The van der Waals surface area contributed by atoms with Crippen LogP contribution in [-0.2, 0) is 6.54 Å². The summed E-state index contributed by atoms with van der Waals surface area (Å²) < 4.78 is 40.6. The molecule has 1 aliphatic heterocycles. The Kier molecular flexibility index (Phi) is 7.40. The van der Waals surface area contributed by atoms with Crippen LogP contribution in [0.15, 0.2) is 22.7 Å². The largest absolute Gasteiger partial charge is 0.573 e. The zero-order valence-corrected chi connectivity index (χ0v) is 13.9. The van der Waals surface area contributed by atoms with E-state index in [9.17, 15) is 18.3 Å². The third-order valence-corrected chi connectivity index (χ3v) is 3.88. The molecule has 0 radical (unpaired) electrons. The molecule has 1 fully saturated rings. The van der Waals surface area contributed by atoms with Crippen molar-refractivity contribution in [2.45, 2.75) is 19.0 Å². The van der Waals surface area contributed by atoms with Gasteiger partial charge in [0.05, 0.1) is 10.6 Å². The first kappa shape index (κ1) is 19.5. The number of hydrogen-bond acceptors (Lipinski definition) is 4. The van der Waals surface area contributed by atoms with Crippen molar-refractivity contribution in [3.63, 3.8) is 0 Å². The Balaban J connectivity index is 0.00000242. The fraction of sp³-hybridized carbons (Fsp3) is 0.538. The van der Waals surface area contributed by atoms with E-state index in [1.165, 1.54) is 6.07 Å². The van der Waals surface area contributed by atoms with E-state index >= 15 is 0 Å². The molecule has 9 heteroatoms. The van der Waals surface area contributed by atoms with Crippen molar-refractivity contribution < 1.29 is 23.0 Å². The smallest absolute Gasteiger partial charge is 0.405 e. The van der Waals surface area contributed by atoms with Gasteiger partial charge < -0.3 is 20.5 Å². The second-order valence-corrected chi connectivity index (χ2v) is 5.78. The van der Waals surface area contributed by atoms with E-state index in [1.54, 1.807) is 12.1 Å². The lowest BCUT2D eigenvalue weighted by Crippen LogP contribution is -2.30. The highest BCUT2D eigenvalue weighted by Crippen LogP contribution is 2.31. The molecule has 4 nitrogen and oxygen atoms in total. The van der Waals surface area contributed by atoms with Gasteiger partial charge in [0.25, 0.3) is 0 Å². The minimum absolute atomic E-state index is 0. The van der Waals surface area contributed by atoms with Crippen LogP contribution in [0.5, 0.6) is 5.75 Å². The van der Waals surface area contributed by atoms with E-state index in [2.05, 4.69) is 31.3 Å². The lowest BCUT2D eigenvalue weighted by atomic mass is 10.1. The van der Waals surface area contributed by atoms with Crippen molar-refractivity contribution in [3.05, 3.63) is 28.2 Å². The zero-order chi connectivity index (χ0) is 15.5. The number of alkyl halides is 3. The molecule has 22 heavy (non-hydrogen) atoms. The van der Waals surface area contributed by atoms with Crippen LogP contribution in [0, 0.1) is 5.92 Å². The molecule has 0 amide bonds. The van der Waals surface area contributed by atoms with Gasteiger partial charge in [0.15, 0.2) is 0 Å². The van der Waals surface area contributed by atoms with Crippen LogP contribution in [0.1, 0.15) is 5.56 Å². The molecule has 0 saturated carbocycles. The maximum Gasteiger partial charge on any atom is 0.573 e. The molecule has 3 N–H and O–H groups in total. The third-order valence-electron chi connectivity index (χ3n) is 3.26. The normalized spacial score (nSPS) is 21.5. The van der Waals surface area contributed by atoms with Crippen LogP contribution in [0.2, 0.25) is 0 Å². The zero-order valence-electron chi connectivity index (χ0n) is 11.5. The second kappa shape index (κ2) is 8.35. The third kappa shape index (κ3) is 5.92. The molecular weight excluding hydrogens is 389 g/mol. The molecule has 126 valence electrons. The SMILES string of the molecule is Cl.OC1CNCC1CNCc1ccc(OC(F)(F)F)c(Br)c1. The van der Waals surface area contributed by atoms with Crippen molar-refractivity contribution in [2.24, 2.45) is 5.92 Å². The van der Waals surface area contributed by atoms with Crippen molar-refractivity contribution in [2.75, 3.05) is 19.6 Å². The molecule has 2 unspecified atom stereocenters. The molecule has 0 spiro atoms. The molecule has 1 aromatic rings. The van der Waals surface area contributed by atoms with Crippen molar-refractivity contribution in [3.8, 4) is 5.75 Å². The number of aliphatic hydroxyl groups excluding tert-OH is 1. The van der Waals surface area contributed by atoms with E-state index in [4.69, 9.17) is 0 Å². The first-order valence-corrected chi connectivity index (χ1v) is 7.28. The van der Waals surface area contributed by atoms with Gasteiger partial charge in [-0.25, -0.2) is 0 Å². The van der Waals surface area contributed by atoms with Gasteiger partial charge in [0.2, 0.25) is 0 Å². The molecule has 1 saturated heterocycles. The lowest BCUT2D eigenvalue weighted by Gasteiger charge is -2.15. The topological polar surface area (TPSA) is 53.5 Å². The van der Waals surface area contributed by atoms with Gasteiger partial charge >= 0.3 is 6.36 Å². The predicted octanol–water partition coefficient (Wildman–Crippen LogP) is 2.44. The van der Waals surface area contributed by atoms with Gasteiger partial charge in [0, 0.05) is 32.1 Å². The standard InChI is InChI=1S/C13H16BrF3N2O2.ClH/c14-10-3-8(1-2-12(10)21-13(15,16)17)4-18-5-9-6-19-7-11(9)20;/h1-3,9,11,18-20H,4-7H2;1H. The highest BCUT2D eigenvalue weighted by Gasteiger charge is 2.32. The van der Waals surface area contributed by atoms with Crippen molar-refractivity contribution >= 4 is 28.3 Å². The minimum Gasteiger partial charge on any atom is -0.405 e. The maximum atomic E-state index is 12.1. The number of nitrogens with one attached hydrogen (secondary N) is 2. The Hall–Kier alpha value is -0.540. The van der Waals surface area contributed by atoms with Crippen LogP contribution in [0.3, 0.4) is 0 Å². The number of benzene rings is 1. The molecule has 2 atom stereocenters. The number of β-amino-alcohol motifs (C(OH)–C–C–N with tert-alkyl or cyclic N) is 1. The fourth-order valence-corrected chi connectivity index (χ4v) is 2.70. The van der Waals surface area contributed by atoms with Crippen LogP contribution in [0.4, 0.5) is 13.2 Å². The number of rotatable bonds is 5. The first-order chi connectivity index (χ1) is 9.85. The molecule has 0 aliphatic carbocycles. The first-order valence-electron chi connectivity index (χ1n) is 6.49. The Morgan fingerprint density at radius 1 is 1.36 bits per heavy atom. The molecule has 1 heterocycles.